The van der Waals surface area contributed by atoms with Gasteiger partial charge < -0.3 is 10.1 Å². The van der Waals surface area contributed by atoms with E-state index in [1.807, 2.05) is 6.92 Å². The van der Waals surface area contributed by atoms with Crippen molar-refractivity contribution in [2.45, 2.75) is 13.5 Å². The number of hydrogen-bond acceptors (Lipinski definition) is 3. The molecule has 3 rings (SSSR count). The summed E-state index contributed by atoms with van der Waals surface area (Å²) in [7, 11) is 0. The monoisotopic (exact) mass is 246 g/mol. The van der Waals surface area contributed by atoms with Gasteiger partial charge in [0, 0.05) is 25.2 Å². The lowest BCUT2D eigenvalue weighted by Crippen LogP contribution is -2.25. The number of nitrogens with one attached hydrogen (secondary N) is 1. The molecule has 0 amide bonds. The molecule has 2 heterocycles. The molecule has 98 valence electrons. The maximum Gasteiger partial charge on any atom is 0.123 e. The molecule has 2 atom stereocenters. The van der Waals surface area contributed by atoms with Crippen molar-refractivity contribution in [1.82, 2.24) is 10.2 Å². The summed E-state index contributed by atoms with van der Waals surface area (Å²) >= 11 is 0. The van der Waals surface area contributed by atoms with E-state index in [1.165, 1.54) is 31.7 Å². The predicted octanol–water partition coefficient (Wildman–Crippen LogP) is 1.74. The summed E-state index contributed by atoms with van der Waals surface area (Å²) in [6.45, 7) is 8.69. The fraction of sp³-hybridized carbons (Fsp3) is 0.600. The number of nitrogens with zero attached hydrogens (tertiary/aromatic N) is 1. The Kier molecular flexibility index (Phi) is 3.52. The Bertz CT molecular complexity index is 395. The van der Waals surface area contributed by atoms with E-state index in [0.717, 1.165) is 30.7 Å². The molecule has 0 saturated carbocycles. The van der Waals surface area contributed by atoms with E-state index < -0.39 is 0 Å². The summed E-state index contributed by atoms with van der Waals surface area (Å²) in [6.07, 6.45) is 0. The molecule has 2 saturated heterocycles. The maximum absolute atomic E-state index is 5.70. The number of para-hydroxylation sites is 1. The minimum atomic E-state index is 0.742. The Labute approximate surface area is 109 Å². The van der Waals surface area contributed by atoms with Crippen LogP contribution >= 0.6 is 0 Å². The van der Waals surface area contributed by atoms with Crippen LogP contribution in [-0.4, -0.2) is 37.7 Å². The van der Waals surface area contributed by atoms with Gasteiger partial charge in [-0.05, 0) is 37.9 Å². The third-order valence-corrected chi connectivity index (χ3v) is 4.13. The molecule has 18 heavy (non-hydrogen) atoms. The second-order valence-corrected chi connectivity index (χ2v) is 5.41. The van der Waals surface area contributed by atoms with E-state index in [-0.39, 0.29) is 0 Å². The van der Waals surface area contributed by atoms with Crippen molar-refractivity contribution < 1.29 is 4.74 Å². The maximum atomic E-state index is 5.70. The van der Waals surface area contributed by atoms with Crippen LogP contribution in [0, 0.1) is 11.8 Å². The predicted molar refractivity (Wildman–Crippen MR) is 72.7 cm³/mol. The molecule has 1 aromatic carbocycles. The van der Waals surface area contributed by atoms with Gasteiger partial charge in [-0.1, -0.05) is 18.2 Å². The highest BCUT2D eigenvalue weighted by Crippen LogP contribution is 2.29. The molecule has 0 aliphatic carbocycles. The molecule has 1 aromatic rings. The largest absolute Gasteiger partial charge is 0.494 e. The average Bonchev–Trinajstić information content (AvgIpc) is 2.92. The van der Waals surface area contributed by atoms with Crippen molar-refractivity contribution >= 4 is 0 Å². The zero-order chi connectivity index (χ0) is 12.4. The molecule has 3 nitrogen and oxygen atoms in total. The Morgan fingerprint density at radius 3 is 2.67 bits per heavy atom. The molecule has 1 N–H and O–H groups in total. The van der Waals surface area contributed by atoms with E-state index in [2.05, 4.69) is 34.5 Å². The molecule has 2 aliphatic rings. The molecule has 2 aliphatic heterocycles. The molecule has 0 radical (unpaired) electrons. The highest BCUT2D eigenvalue weighted by molar-refractivity contribution is 5.33. The molecule has 0 bridgehead atoms. The van der Waals surface area contributed by atoms with Crippen LogP contribution in [0.3, 0.4) is 0 Å². The lowest BCUT2D eigenvalue weighted by atomic mass is 10.0. The van der Waals surface area contributed by atoms with Crippen LogP contribution < -0.4 is 10.1 Å². The van der Waals surface area contributed by atoms with Crippen molar-refractivity contribution in [3.05, 3.63) is 29.8 Å². The first kappa shape index (κ1) is 12.0. The summed E-state index contributed by atoms with van der Waals surface area (Å²) < 4.78 is 5.70. The van der Waals surface area contributed by atoms with Gasteiger partial charge >= 0.3 is 0 Å². The number of hydrogen-bond donors (Lipinski definition) is 1. The third kappa shape index (κ3) is 2.38. The van der Waals surface area contributed by atoms with Crippen LogP contribution in [-0.2, 0) is 6.54 Å². The van der Waals surface area contributed by atoms with Gasteiger partial charge in [-0.25, -0.2) is 0 Å². The highest BCUT2D eigenvalue weighted by Gasteiger charge is 2.35. The van der Waals surface area contributed by atoms with Gasteiger partial charge in [-0.15, -0.1) is 0 Å². The van der Waals surface area contributed by atoms with Crippen LogP contribution in [0.25, 0.3) is 0 Å². The van der Waals surface area contributed by atoms with Gasteiger partial charge in [0.1, 0.15) is 5.75 Å². The van der Waals surface area contributed by atoms with Crippen LogP contribution in [0.15, 0.2) is 24.3 Å². The third-order valence-electron chi connectivity index (χ3n) is 4.13. The summed E-state index contributed by atoms with van der Waals surface area (Å²) in [4.78, 5) is 2.58. The Morgan fingerprint density at radius 1 is 1.22 bits per heavy atom. The summed E-state index contributed by atoms with van der Waals surface area (Å²) in [6, 6.07) is 8.43. The van der Waals surface area contributed by atoms with E-state index in [9.17, 15) is 0 Å². The SMILES string of the molecule is CCOc1ccccc1CN1CC2CNCC2C1. The first-order valence-electron chi connectivity index (χ1n) is 7.00. The first-order valence-corrected chi connectivity index (χ1v) is 7.00. The molecule has 0 spiro atoms. The number of rotatable bonds is 4. The summed E-state index contributed by atoms with van der Waals surface area (Å²) in [5, 5.41) is 3.49. The zero-order valence-electron chi connectivity index (χ0n) is 11.1. The first-order chi connectivity index (χ1) is 8.86. The lowest BCUT2D eigenvalue weighted by Gasteiger charge is -2.19. The molecule has 3 heteroatoms. The van der Waals surface area contributed by atoms with Crippen molar-refractivity contribution in [3.8, 4) is 5.75 Å². The van der Waals surface area contributed by atoms with Crippen molar-refractivity contribution in [2.24, 2.45) is 11.8 Å². The number of likely N-dealkylation sites (tertiary alicyclic amines) is 1. The normalized spacial score (nSPS) is 27.4. The summed E-state index contributed by atoms with van der Waals surface area (Å²) in [5.74, 6) is 2.78. The van der Waals surface area contributed by atoms with Crippen LogP contribution in [0.5, 0.6) is 5.75 Å². The van der Waals surface area contributed by atoms with Gasteiger partial charge in [0.15, 0.2) is 0 Å². The van der Waals surface area contributed by atoms with Crippen molar-refractivity contribution in [2.75, 3.05) is 32.8 Å². The molecule has 0 aromatic heterocycles. The minimum Gasteiger partial charge on any atom is -0.494 e. The van der Waals surface area contributed by atoms with E-state index in [4.69, 9.17) is 4.74 Å². The number of ether oxygens (including phenoxy) is 1. The molecular weight excluding hydrogens is 224 g/mol. The van der Waals surface area contributed by atoms with Crippen molar-refractivity contribution in [3.63, 3.8) is 0 Å². The van der Waals surface area contributed by atoms with Crippen LogP contribution in [0.4, 0.5) is 0 Å². The highest BCUT2D eigenvalue weighted by atomic mass is 16.5. The fourth-order valence-electron chi connectivity index (χ4n) is 3.25. The summed E-state index contributed by atoms with van der Waals surface area (Å²) in [5.41, 5.74) is 1.33. The van der Waals surface area contributed by atoms with E-state index >= 15 is 0 Å². The smallest absolute Gasteiger partial charge is 0.123 e. The van der Waals surface area contributed by atoms with Crippen LogP contribution in [0.2, 0.25) is 0 Å². The second kappa shape index (κ2) is 5.29. The van der Waals surface area contributed by atoms with Gasteiger partial charge in [0.2, 0.25) is 0 Å². The standard InChI is InChI=1S/C15H22N2O/c1-2-18-15-6-4-3-5-12(15)9-17-10-13-7-16-8-14(13)11-17/h3-6,13-14,16H,2,7-11H2,1H3. The van der Waals surface area contributed by atoms with Gasteiger partial charge in [0.05, 0.1) is 6.61 Å². The van der Waals surface area contributed by atoms with Gasteiger partial charge in [-0.3, -0.25) is 4.90 Å². The second-order valence-electron chi connectivity index (χ2n) is 5.41. The number of benzene rings is 1. The molecule has 2 fully saturated rings. The quantitative estimate of drug-likeness (QED) is 0.876. The van der Waals surface area contributed by atoms with E-state index in [1.54, 1.807) is 0 Å². The van der Waals surface area contributed by atoms with Crippen molar-refractivity contribution in [1.29, 1.82) is 0 Å². The zero-order valence-corrected chi connectivity index (χ0v) is 11.1. The minimum absolute atomic E-state index is 0.742. The van der Waals surface area contributed by atoms with Crippen LogP contribution in [0.1, 0.15) is 12.5 Å². The van der Waals surface area contributed by atoms with Gasteiger partial charge in [-0.2, -0.15) is 0 Å². The number of fused-ring (bicyclic) bond motifs is 1. The Hall–Kier alpha value is -1.06. The molecular formula is C15H22N2O. The fourth-order valence-corrected chi connectivity index (χ4v) is 3.25. The molecule has 2 unspecified atom stereocenters. The Morgan fingerprint density at radius 2 is 1.94 bits per heavy atom. The van der Waals surface area contributed by atoms with Gasteiger partial charge in [0.25, 0.3) is 0 Å². The topological polar surface area (TPSA) is 24.5 Å². The lowest BCUT2D eigenvalue weighted by molar-refractivity contribution is 0.289. The van der Waals surface area contributed by atoms with E-state index in [0.29, 0.717) is 0 Å². The average molecular weight is 246 g/mol. The Balaban J connectivity index is 1.66.